The van der Waals surface area contributed by atoms with Crippen molar-refractivity contribution in [2.24, 2.45) is 7.05 Å². The van der Waals surface area contributed by atoms with Crippen molar-refractivity contribution in [3.63, 3.8) is 0 Å². The molecule has 0 radical (unpaired) electrons. The van der Waals surface area contributed by atoms with E-state index in [1.54, 1.807) is 22.5 Å². The van der Waals surface area contributed by atoms with E-state index < -0.39 is 10.0 Å². The van der Waals surface area contributed by atoms with Crippen LogP contribution in [0.5, 0.6) is 0 Å². The van der Waals surface area contributed by atoms with E-state index in [1.165, 1.54) is 16.8 Å². The third kappa shape index (κ3) is 3.43. The predicted molar refractivity (Wildman–Crippen MR) is 98.1 cm³/mol. The molecule has 1 aliphatic rings. The first kappa shape index (κ1) is 17.6. The zero-order valence-electron chi connectivity index (χ0n) is 15.1. The number of aryl methyl sites for hydroxylation is 2. The molecule has 1 fully saturated rings. The summed E-state index contributed by atoms with van der Waals surface area (Å²) in [6.07, 6.45) is 6.52. The van der Waals surface area contributed by atoms with Crippen molar-refractivity contribution >= 4 is 15.8 Å². The second-order valence-electron chi connectivity index (χ2n) is 6.35. The van der Waals surface area contributed by atoms with Gasteiger partial charge in [-0.15, -0.1) is 0 Å². The van der Waals surface area contributed by atoms with Crippen LogP contribution in [0.4, 0.5) is 5.82 Å². The molecular weight excluding hydrogens is 368 g/mol. The van der Waals surface area contributed by atoms with Gasteiger partial charge in [0.1, 0.15) is 11.6 Å². The van der Waals surface area contributed by atoms with Gasteiger partial charge in [-0.05, 0) is 13.0 Å². The number of rotatable bonds is 4. The lowest BCUT2D eigenvalue weighted by atomic mass is 10.3. The highest BCUT2D eigenvalue weighted by atomic mass is 32.2. The minimum absolute atomic E-state index is 0.0808. The molecule has 142 valence electrons. The standard InChI is InChI=1S/C16H20N8O2S/c1-13-19-14(10-15(20-13)24-5-3-4-18-24)22-6-8-23(9-7-22)27(25,26)16-11-21(2)12-17-16/h3-5,10-12H,6-9H2,1-2H3. The van der Waals surface area contributed by atoms with E-state index in [-0.39, 0.29) is 5.03 Å². The second-order valence-corrected chi connectivity index (χ2v) is 8.24. The van der Waals surface area contributed by atoms with Crippen LogP contribution in [0.3, 0.4) is 0 Å². The number of piperazine rings is 1. The van der Waals surface area contributed by atoms with Crippen LogP contribution in [0.2, 0.25) is 0 Å². The molecule has 3 aromatic heterocycles. The van der Waals surface area contributed by atoms with Crippen molar-refractivity contribution in [3.05, 3.63) is 42.9 Å². The van der Waals surface area contributed by atoms with Crippen LogP contribution < -0.4 is 4.90 Å². The molecule has 0 N–H and O–H groups in total. The van der Waals surface area contributed by atoms with Gasteiger partial charge in [-0.2, -0.15) is 9.40 Å². The molecule has 27 heavy (non-hydrogen) atoms. The lowest BCUT2D eigenvalue weighted by Gasteiger charge is -2.34. The summed E-state index contributed by atoms with van der Waals surface area (Å²) in [4.78, 5) is 15.0. The lowest BCUT2D eigenvalue weighted by molar-refractivity contribution is 0.382. The van der Waals surface area contributed by atoms with Gasteiger partial charge in [0.25, 0.3) is 10.0 Å². The molecule has 0 aromatic carbocycles. The van der Waals surface area contributed by atoms with Crippen LogP contribution >= 0.6 is 0 Å². The van der Waals surface area contributed by atoms with Crippen molar-refractivity contribution in [1.29, 1.82) is 0 Å². The molecule has 0 unspecified atom stereocenters. The summed E-state index contributed by atoms with van der Waals surface area (Å²) >= 11 is 0. The summed E-state index contributed by atoms with van der Waals surface area (Å²) in [6, 6.07) is 3.70. The van der Waals surface area contributed by atoms with Crippen LogP contribution in [0.15, 0.2) is 42.1 Å². The van der Waals surface area contributed by atoms with Gasteiger partial charge in [0.15, 0.2) is 10.8 Å². The normalized spacial score (nSPS) is 16.0. The van der Waals surface area contributed by atoms with E-state index in [0.29, 0.717) is 37.8 Å². The highest BCUT2D eigenvalue weighted by Gasteiger charge is 2.30. The number of hydrogen-bond acceptors (Lipinski definition) is 7. The van der Waals surface area contributed by atoms with Gasteiger partial charge < -0.3 is 9.47 Å². The van der Waals surface area contributed by atoms with Gasteiger partial charge in [0.2, 0.25) is 0 Å². The van der Waals surface area contributed by atoms with E-state index >= 15 is 0 Å². The Labute approximate surface area is 157 Å². The van der Waals surface area contributed by atoms with Gasteiger partial charge in [-0.3, -0.25) is 0 Å². The topological polar surface area (TPSA) is 102 Å². The number of sulfonamides is 1. The Bertz CT molecular complexity index is 1040. The zero-order chi connectivity index (χ0) is 19.0. The van der Waals surface area contributed by atoms with Crippen molar-refractivity contribution < 1.29 is 8.42 Å². The first-order valence-electron chi connectivity index (χ1n) is 8.52. The van der Waals surface area contributed by atoms with Crippen molar-refractivity contribution in [2.75, 3.05) is 31.1 Å². The van der Waals surface area contributed by atoms with Crippen molar-refractivity contribution in [1.82, 2.24) is 33.6 Å². The van der Waals surface area contributed by atoms with Gasteiger partial charge >= 0.3 is 0 Å². The van der Waals surface area contributed by atoms with Crippen LogP contribution in [-0.2, 0) is 17.1 Å². The fourth-order valence-electron chi connectivity index (χ4n) is 3.03. The van der Waals surface area contributed by atoms with Crippen LogP contribution in [0.1, 0.15) is 5.82 Å². The fraction of sp³-hybridized carbons (Fsp3) is 0.375. The van der Waals surface area contributed by atoms with E-state index in [2.05, 4.69) is 25.0 Å². The Morgan fingerprint density at radius 3 is 2.44 bits per heavy atom. The van der Waals surface area contributed by atoms with Crippen LogP contribution in [-0.4, -0.2) is 68.2 Å². The largest absolute Gasteiger partial charge is 0.354 e. The molecule has 0 amide bonds. The molecule has 10 nitrogen and oxygen atoms in total. The molecule has 1 saturated heterocycles. The predicted octanol–water partition coefficient (Wildman–Crippen LogP) is 0.215. The fourth-order valence-corrected chi connectivity index (χ4v) is 4.42. The summed E-state index contributed by atoms with van der Waals surface area (Å²) in [6.45, 7) is 3.67. The van der Waals surface area contributed by atoms with E-state index in [4.69, 9.17) is 0 Å². The Kier molecular flexibility index (Phi) is 4.40. The number of nitrogens with zero attached hydrogens (tertiary/aromatic N) is 8. The first-order chi connectivity index (χ1) is 12.9. The summed E-state index contributed by atoms with van der Waals surface area (Å²) in [5.41, 5.74) is 0. The van der Waals surface area contributed by atoms with Gasteiger partial charge in [-0.25, -0.2) is 28.1 Å². The van der Waals surface area contributed by atoms with Crippen LogP contribution in [0.25, 0.3) is 5.82 Å². The van der Waals surface area contributed by atoms with E-state index in [1.807, 2.05) is 25.3 Å². The number of anilines is 1. The van der Waals surface area contributed by atoms with E-state index in [9.17, 15) is 8.42 Å². The summed E-state index contributed by atoms with van der Waals surface area (Å²) in [5, 5.41) is 4.29. The highest BCUT2D eigenvalue weighted by Crippen LogP contribution is 2.20. The first-order valence-corrected chi connectivity index (χ1v) is 9.96. The molecule has 0 saturated carbocycles. The highest BCUT2D eigenvalue weighted by molar-refractivity contribution is 7.89. The maximum absolute atomic E-state index is 12.7. The Morgan fingerprint density at radius 1 is 1.07 bits per heavy atom. The SMILES string of the molecule is Cc1nc(N2CCN(S(=O)(=O)c3cn(C)cn3)CC2)cc(-n2cccn2)n1. The molecular formula is C16H20N8O2S. The monoisotopic (exact) mass is 388 g/mol. The smallest absolute Gasteiger partial charge is 0.262 e. The number of imidazole rings is 1. The van der Waals surface area contributed by atoms with Gasteiger partial charge in [0.05, 0.1) is 6.33 Å². The Morgan fingerprint density at radius 2 is 1.81 bits per heavy atom. The van der Waals surface area contributed by atoms with Gasteiger partial charge in [0, 0.05) is 57.9 Å². The van der Waals surface area contributed by atoms with Gasteiger partial charge in [-0.1, -0.05) is 0 Å². The van der Waals surface area contributed by atoms with E-state index in [0.717, 1.165) is 5.82 Å². The molecule has 4 heterocycles. The third-order valence-corrected chi connectivity index (χ3v) is 6.18. The number of hydrogen-bond donors (Lipinski definition) is 0. The molecule has 0 aliphatic carbocycles. The summed E-state index contributed by atoms with van der Waals surface area (Å²) in [5.74, 6) is 2.09. The molecule has 0 atom stereocenters. The lowest BCUT2D eigenvalue weighted by Crippen LogP contribution is -2.49. The summed E-state index contributed by atoms with van der Waals surface area (Å²) in [7, 11) is -1.82. The minimum atomic E-state index is -3.57. The van der Waals surface area contributed by atoms with Crippen LogP contribution in [0, 0.1) is 6.92 Å². The average molecular weight is 388 g/mol. The maximum Gasteiger partial charge on any atom is 0.262 e. The zero-order valence-corrected chi connectivity index (χ0v) is 15.9. The Balaban J connectivity index is 1.51. The molecule has 4 rings (SSSR count). The molecule has 0 bridgehead atoms. The second kappa shape index (κ2) is 6.74. The van der Waals surface area contributed by atoms with Crippen molar-refractivity contribution in [2.45, 2.75) is 11.9 Å². The molecule has 3 aromatic rings. The number of aromatic nitrogens is 6. The summed E-state index contributed by atoms with van der Waals surface area (Å²) < 4.78 is 30.2. The quantitative estimate of drug-likeness (QED) is 0.630. The molecule has 0 spiro atoms. The maximum atomic E-state index is 12.7. The molecule has 11 heteroatoms. The average Bonchev–Trinajstić information content (AvgIpc) is 3.33. The minimum Gasteiger partial charge on any atom is -0.354 e. The van der Waals surface area contributed by atoms with Crippen molar-refractivity contribution in [3.8, 4) is 5.82 Å². The third-order valence-electron chi connectivity index (χ3n) is 4.40. The Hall–Kier alpha value is -2.79. The molecule has 1 aliphatic heterocycles.